The van der Waals surface area contributed by atoms with Crippen molar-refractivity contribution in [1.29, 1.82) is 0 Å². The molecule has 2 aliphatic heterocycles. The average Bonchev–Trinajstić information content (AvgIpc) is 3.67. The molecular weight excluding hydrogens is 584 g/mol. The van der Waals surface area contributed by atoms with E-state index in [2.05, 4.69) is 4.98 Å². The number of carbonyl (C=O) groups excluding carboxylic acids is 3. The highest BCUT2D eigenvalue weighted by atomic mass is 32.2. The number of esters is 1. The maximum atomic E-state index is 13.8. The van der Waals surface area contributed by atoms with Gasteiger partial charge in [-0.3, -0.25) is 19.3 Å². The van der Waals surface area contributed by atoms with Gasteiger partial charge in [0.1, 0.15) is 6.04 Å². The zero-order valence-electron chi connectivity index (χ0n) is 23.5. The molecule has 2 aromatic rings. The standard InChI is InChI=1S/C29H32N2O9S2/c1-5-39-17(32)10-40-15-7-6-12(8-16(15)38-4)18-19-13-9-14(23(19)41-25-24(18)42-29(37)30-25)21-20(13)26(33)31(27(21)34)22(11(2)3)28(35)36/h6-8,11,13-14,18-23H,5,9-10H2,1-4H3,(H,30,37)(H,35,36)/t13?,14?,18-,19?,20?,21?,22?,23?/m1/s1. The first-order valence-electron chi connectivity index (χ1n) is 14.0. The maximum absolute atomic E-state index is 13.8. The van der Waals surface area contributed by atoms with Crippen molar-refractivity contribution >= 4 is 46.9 Å². The number of thioether (sulfide) groups is 1. The van der Waals surface area contributed by atoms with Gasteiger partial charge in [0.05, 0.1) is 30.6 Å². The third-order valence-electron chi connectivity index (χ3n) is 9.12. The lowest BCUT2D eigenvalue weighted by Crippen LogP contribution is -2.49. The van der Waals surface area contributed by atoms with Crippen molar-refractivity contribution in [3.05, 3.63) is 38.3 Å². The average molecular weight is 617 g/mol. The molecule has 3 fully saturated rings. The number of methoxy groups -OCH3 is 1. The number of hydrogen-bond donors (Lipinski definition) is 2. The van der Waals surface area contributed by atoms with E-state index in [9.17, 15) is 29.1 Å². The normalized spacial score (nSPS) is 29.7. The SMILES string of the molecule is CCOC(=O)COc1ccc([C@H]2c3sc(=O)[nH]c3SC3C4CC(C5C(=O)N(C(C(=O)O)C(C)C)C(=O)C45)C32)cc1OC. The van der Waals surface area contributed by atoms with Gasteiger partial charge in [-0.1, -0.05) is 31.3 Å². The van der Waals surface area contributed by atoms with Crippen LogP contribution in [0.2, 0.25) is 0 Å². The number of aliphatic carboxylic acids is 1. The molecule has 224 valence electrons. The minimum absolute atomic E-state index is 0.0382. The molecule has 8 atom stereocenters. The van der Waals surface area contributed by atoms with Crippen molar-refractivity contribution in [3.63, 3.8) is 0 Å². The Kier molecular flexibility index (Phi) is 7.37. The summed E-state index contributed by atoms with van der Waals surface area (Å²) in [5.41, 5.74) is 0.866. The van der Waals surface area contributed by atoms with E-state index >= 15 is 0 Å². The van der Waals surface area contributed by atoms with Gasteiger partial charge in [-0.15, -0.1) is 11.8 Å². The van der Waals surface area contributed by atoms with Crippen molar-refractivity contribution in [1.82, 2.24) is 9.88 Å². The number of H-pyrrole nitrogens is 1. The lowest BCUT2D eigenvalue weighted by atomic mass is 9.68. The number of rotatable bonds is 9. The summed E-state index contributed by atoms with van der Waals surface area (Å²) in [6.45, 7) is 5.09. The van der Waals surface area contributed by atoms with Gasteiger partial charge in [-0.25, -0.2) is 9.59 Å². The van der Waals surface area contributed by atoms with Crippen molar-refractivity contribution < 1.29 is 38.5 Å². The highest BCUT2D eigenvalue weighted by Gasteiger charge is 2.70. The van der Waals surface area contributed by atoms with E-state index in [-0.39, 0.29) is 52.9 Å². The third kappa shape index (κ3) is 4.34. The van der Waals surface area contributed by atoms with Crippen LogP contribution in [0.15, 0.2) is 28.0 Å². The van der Waals surface area contributed by atoms with Crippen LogP contribution in [0.4, 0.5) is 0 Å². The number of carboxylic acid groups (broad SMARTS) is 1. The zero-order valence-corrected chi connectivity index (χ0v) is 25.2. The fourth-order valence-electron chi connectivity index (χ4n) is 7.72. The molecule has 1 saturated heterocycles. The minimum Gasteiger partial charge on any atom is -0.493 e. The Bertz CT molecular complexity index is 1520. The van der Waals surface area contributed by atoms with Crippen LogP contribution in [0.5, 0.6) is 11.5 Å². The fraction of sp³-hybridized carbons (Fsp3) is 0.552. The van der Waals surface area contributed by atoms with Gasteiger partial charge < -0.3 is 24.3 Å². The van der Waals surface area contributed by atoms with Crippen LogP contribution in [0.3, 0.4) is 0 Å². The minimum atomic E-state index is -1.20. The molecule has 11 nitrogen and oxygen atoms in total. The first-order valence-corrected chi connectivity index (χ1v) is 15.7. The summed E-state index contributed by atoms with van der Waals surface area (Å²) in [4.78, 5) is 68.7. The Labute approximate surface area is 249 Å². The summed E-state index contributed by atoms with van der Waals surface area (Å²) in [6, 6.07) is 4.24. The summed E-state index contributed by atoms with van der Waals surface area (Å²) >= 11 is 2.70. The number of hydrogen-bond acceptors (Lipinski definition) is 10. The van der Waals surface area contributed by atoms with Crippen LogP contribution in [0.1, 0.15) is 43.6 Å². The Hall–Kier alpha value is -3.32. The van der Waals surface area contributed by atoms with Gasteiger partial charge in [0.15, 0.2) is 18.1 Å². The number of carbonyl (C=O) groups is 4. The van der Waals surface area contributed by atoms with Crippen molar-refractivity contribution in [2.45, 2.75) is 49.4 Å². The zero-order chi connectivity index (χ0) is 30.0. The Balaban J connectivity index is 1.37. The van der Waals surface area contributed by atoms with Gasteiger partial charge in [-0.05, 0) is 54.7 Å². The molecule has 2 amide bonds. The highest BCUT2D eigenvalue weighted by molar-refractivity contribution is 8.00. The molecule has 2 aliphatic carbocycles. The molecule has 42 heavy (non-hydrogen) atoms. The topological polar surface area (TPSA) is 152 Å². The first kappa shape index (κ1) is 28.8. The van der Waals surface area contributed by atoms with Crippen molar-refractivity contribution in [3.8, 4) is 11.5 Å². The summed E-state index contributed by atoms with van der Waals surface area (Å²) in [5.74, 6) is -3.83. The third-order valence-corrected chi connectivity index (χ3v) is 11.7. The second-order valence-corrected chi connectivity index (χ2v) is 13.7. The van der Waals surface area contributed by atoms with Crippen LogP contribution in [-0.2, 0) is 23.9 Å². The summed E-state index contributed by atoms with van der Waals surface area (Å²) in [5, 5.41) is 10.6. The largest absolute Gasteiger partial charge is 0.493 e. The monoisotopic (exact) mass is 616 g/mol. The Morgan fingerprint density at radius 1 is 1.12 bits per heavy atom. The van der Waals surface area contributed by atoms with Gasteiger partial charge >= 0.3 is 16.8 Å². The quantitative estimate of drug-likeness (QED) is 0.318. The predicted octanol–water partition coefficient (Wildman–Crippen LogP) is 2.97. The molecule has 3 heterocycles. The molecule has 0 spiro atoms. The second-order valence-electron chi connectivity index (χ2n) is 11.5. The number of carboxylic acids is 1. The number of thiazole rings is 1. The number of aromatic nitrogens is 1. The van der Waals surface area contributed by atoms with E-state index < -0.39 is 41.6 Å². The maximum Gasteiger partial charge on any atom is 0.344 e. The lowest BCUT2D eigenvalue weighted by molar-refractivity contribution is -0.157. The van der Waals surface area contributed by atoms with Gasteiger partial charge in [0.2, 0.25) is 11.8 Å². The number of aromatic amines is 1. The van der Waals surface area contributed by atoms with Crippen molar-refractivity contribution in [2.24, 2.45) is 35.5 Å². The predicted molar refractivity (Wildman–Crippen MR) is 152 cm³/mol. The molecule has 7 unspecified atom stereocenters. The van der Waals surface area contributed by atoms with E-state index in [1.807, 2.05) is 12.1 Å². The summed E-state index contributed by atoms with van der Waals surface area (Å²) < 4.78 is 16.2. The number of fused-ring (bicyclic) bond motifs is 9. The van der Waals surface area contributed by atoms with Crippen LogP contribution in [0.25, 0.3) is 0 Å². The molecule has 0 radical (unpaired) electrons. The van der Waals surface area contributed by atoms with Crippen LogP contribution in [-0.4, -0.2) is 70.4 Å². The number of nitrogens with one attached hydrogen (secondary N) is 1. The van der Waals surface area contributed by atoms with E-state index in [0.717, 1.165) is 31.7 Å². The number of ether oxygens (including phenoxy) is 3. The van der Waals surface area contributed by atoms with Crippen LogP contribution < -0.4 is 14.3 Å². The van der Waals surface area contributed by atoms with E-state index in [1.54, 1.807) is 38.6 Å². The molecule has 2 saturated carbocycles. The Morgan fingerprint density at radius 2 is 1.83 bits per heavy atom. The molecule has 2 N–H and O–H groups in total. The van der Waals surface area contributed by atoms with Crippen LogP contribution in [0, 0.1) is 35.5 Å². The second kappa shape index (κ2) is 10.7. The van der Waals surface area contributed by atoms with Gasteiger partial charge in [0, 0.05) is 16.0 Å². The molecule has 4 aliphatic rings. The molecule has 13 heteroatoms. The van der Waals surface area contributed by atoms with Gasteiger partial charge in [-0.2, -0.15) is 0 Å². The fourth-order valence-corrected chi connectivity index (χ4v) is 10.6. The number of likely N-dealkylation sites (tertiary alicyclic amines) is 1. The van der Waals surface area contributed by atoms with E-state index in [0.29, 0.717) is 17.9 Å². The molecule has 6 rings (SSSR count). The van der Waals surface area contributed by atoms with Crippen molar-refractivity contribution in [2.75, 3.05) is 20.3 Å². The van der Waals surface area contributed by atoms with Crippen LogP contribution >= 0.6 is 23.1 Å². The highest BCUT2D eigenvalue weighted by Crippen LogP contribution is 2.68. The number of benzene rings is 1. The molecule has 1 aromatic heterocycles. The number of nitrogens with zero attached hydrogens (tertiary/aromatic N) is 1. The summed E-state index contributed by atoms with van der Waals surface area (Å²) in [6.07, 6.45) is 0.690. The number of imide groups is 1. The lowest BCUT2D eigenvalue weighted by Gasteiger charge is -2.43. The van der Waals surface area contributed by atoms with Gasteiger partial charge in [0.25, 0.3) is 0 Å². The number of amides is 2. The van der Waals surface area contributed by atoms with E-state index in [1.165, 1.54) is 7.11 Å². The smallest absolute Gasteiger partial charge is 0.344 e. The Morgan fingerprint density at radius 3 is 2.48 bits per heavy atom. The molecule has 1 aromatic carbocycles. The summed E-state index contributed by atoms with van der Waals surface area (Å²) in [7, 11) is 1.50. The molecule has 2 bridgehead atoms. The first-order chi connectivity index (χ1) is 20.1. The van der Waals surface area contributed by atoms with E-state index in [4.69, 9.17) is 14.2 Å². The molecular formula is C29H32N2O9S2.